The Morgan fingerprint density at radius 3 is 2.79 bits per heavy atom. The molecule has 4 heteroatoms. The quantitative estimate of drug-likeness (QED) is 0.860. The molecule has 0 spiro atoms. The number of hydrogen-bond acceptors (Lipinski definition) is 4. The second kappa shape index (κ2) is 6.60. The van der Waals surface area contributed by atoms with Crippen LogP contribution in [0.2, 0.25) is 0 Å². The van der Waals surface area contributed by atoms with Gasteiger partial charge in [0.05, 0.1) is 6.20 Å². The Morgan fingerprint density at radius 1 is 1.25 bits per heavy atom. The third-order valence-corrected chi connectivity index (χ3v) is 5.54. The average Bonchev–Trinajstić information content (AvgIpc) is 3.26. The largest absolute Gasteiger partial charge is 0.444 e. The molecule has 2 aliphatic rings. The lowest BCUT2D eigenvalue weighted by molar-refractivity contribution is 0.172. The lowest BCUT2D eigenvalue weighted by Crippen LogP contribution is -2.41. The van der Waals surface area contributed by atoms with E-state index in [0.29, 0.717) is 12.0 Å². The van der Waals surface area contributed by atoms with Crippen LogP contribution in [-0.2, 0) is 6.42 Å². The van der Waals surface area contributed by atoms with Gasteiger partial charge in [-0.25, -0.2) is 4.98 Å². The van der Waals surface area contributed by atoms with E-state index in [1.807, 2.05) is 6.20 Å². The number of benzene rings is 1. The Hall–Kier alpha value is -1.81. The first kappa shape index (κ1) is 15.7. The first-order valence-corrected chi connectivity index (χ1v) is 9.34. The third kappa shape index (κ3) is 2.63. The van der Waals surface area contributed by atoms with Gasteiger partial charge in [0.25, 0.3) is 0 Å². The standard InChI is InChI=1S/C20H27N3O/c1-3-7-23(8-4-2)15-9-14-11-22-18-6-5-16(17(10-15)20(14)18)19-12-21-13-24-19/h5-6,12-15,22H,3-4,7-11H2,1-2H3/t14-,15-/m0/s1. The minimum atomic E-state index is 0.632. The summed E-state index contributed by atoms with van der Waals surface area (Å²) in [6.07, 6.45) is 8.22. The fraction of sp³-hybridized carbons (Fsp3) is 0.550. The minimum Gasteiger partial charge on any atom is -0.444 e. The van der Waals surface area contributed by atoms with Crippen LogP contribution < -0.4 is 5.32 Å². The Morgan fingerprint density at radius 2 is 2.08 bits per heavy atom. The molecule has 2 atom stereocenters. The van der Waals surface area contributed by atoms with Gasteiger partial charge in [0.15, 0.2) is 12.2 Å². The summed E-state index contributed by atoms with van der Waals surface area (Å²) in [6.45, 7) is 8.05. The van der Waals surface area contributed by atoms with Gasteiger partial charge in [-0.1, -0.05) is 13.8 Å². The molecule has 1 aromatic heterocycles. The normalized spacial score (nSPS) is 21.8. The molecule has 0 radical (unpaired) electrons. The zero-order chi connectivity index (χ0) is 16.5. The second-order valence-electron chi connectivity index (χ2n) is 7.13. The Kier molecular flexibility index (Phi) is 4.31. The van der Waals surface area contributed by atoms with Gasteiger partial charge in [0.1, 0.15) is 0 Å². The lowest BCUT2D eigenvalue weighted by Gasteiger charge is -2.37. The predicted molar refractivity (Wildman–Crippen MR) is 97.4 cm³/mol. The number of nitrogens with one attached hydrogen (secondary N) is 1. The SMILES string of the molecule is CCCN(CCC)[C@@H]1Cc2c(-c3cnco3)ccc3c2[C@H](CN3)C1. The monoisotopic (exact) mass is 325 g/mol. The zero-order valence-electron chi connectivity index (χ0n) is 14.7. The second-order valence-corrected chi connectivity index (χ2v) is 7.13. The third-order valence-electron chi connectivity index (χ3n) is 5.54. The summed E-state index contributed by atoms with van der Waals surface area (Å²) in [5.74, 6) is 1.53. The van der Waals surface area contributed by atoms with Gasteiger partial charge in [-0.05, 0) is 62.0 Å². The van der Waals surface area contributed by atoms with Crippen LogP contribution in [0.3, 0.4) is 0 Å². The smallest absolute Gasteiger partial charge is 0.181 e. The molecule has 2 aromatic rings. The molecule has 24 heavy (non-hydrogen) atoms. The first-order chi connectivity index (χ1) is 11.8. The molecule has 0 unspecified atom stereocenters. The molecule has 0 saturated carbocycles. The fourth-order valence-corrected chi connectivity index (χ4v) is 4.60. The van der Waals surface area contributed by atoms with E-state index in [1.54, 1.807) is 0 Å². The van der Waals surface area contributed by atoms with Crippen molar-refractivity contribution in [2.24, 2.45) is 0 Å². The summed E-state index contributed by atoms with van der Waals surface area (Å²) < 4.78 is 5.63. The van der Waals surface area contributed by atoms with Crippen molar-refractivity contribution in [3.63, 3.8) is 0 Å². The van der Waals surface area contributed by atoms with Crippen LogP contribution in [0.25, 0.3) is 11.3 Å². The van der Waals surface area contributed by atoms with Crippen molar-refractivity contribution in [3.05, 3.63) is 35.9 Å². The summed E-state index contributed by atoms with van der Waals surface area (Å²) in [7, 11) is 0. The summed E-state index contributed by atoms with van der Waals surface area (Å²) in [5.41, 5.74) is 5.58. The fourth-order valence-electron chi connectivity index (χ4n) is 4.60. The van der Waals surface area contributed by atoms with Crippen molar-refractivity contribution in [2.75, 3.05) is 25.0 Å². The van der Waals surface area contributed by atoms with Crippen LogP contribution in [0, 0.1) is 0 Å². The van der Waals surface area contributed by atoms with Gasteiger partial charge in [0.2, 0.25) is 0 Å². The maximum atomic E-state index is 5.63. The summed E-state index contributed by atoms with van der Waals surface area (Å²) >= 11 is 0. The summed E-state index contributed by atoms with van der Waals surface area (Å²) in [5, 5.41) is 3.61. The number of anilines is 1. The van der Waals surface area contributed by atoms with E-state index in [2.05, 4.69) is 41.2 Å². The van der Waals surface area contributed by atoms with Crippen molar-refractivity contribution in [1.82, 2.24) is 9.88 Å². The van der Waals surface area contributed by atoms with E-state index >= 15 is 0 Å². The molecule has 1 N–H and O–H groups in total. The van der Waals surface area contributed by atoms with Crippen LogP contribution in [0.15, 0.2) is 29.1 Å². The van der Waals surface area contributed by atoms with E-state index in [1.165, 1.54) is 61.1 Å². The van der Waals surface area contributed by atoms with Crippen molar-refractivity contribution < 1.29 is 4.42 Å². The van der Waals surface area contributed by atoms with Crippen LogP contribution in [0.4, 0.5) is 5.69 Å². The maximum absolute atomic E-state index is 5.63. The molecule has 0 bridgehead atoms. The van der Waals surface area contributed by atoms with Gasteiger partial charge < -0.3 is 14.6 Å². The highest BCUT2D eigenvalue weighted by molar-refractivity contribution is 5.73. The molecular weight excluding hydrogens is 298 g/mol. The van der Waals surface area contributed by atoms with Gasteiger partial charge in [-0.2, -0.15) is 0 Å². The van der Waals surface area contributed by atoms with Crippen LogP contribution in [0.5, 0.6) is 0 Å². The molecule has 1 aliphatic carbocycles. The summed E-state index contributed by atoms with van der Waals surface area (Å²) in [4.78, 5) is 6.83. The Bertz CT molecular complexity index is 689. The Balaban J connectivity index is 1.73. The van der Waals surface area contributed by atoms with Crippen molar-refractivity contribution in [3.8, 4) is 11.3 Å². The average molecular weight is 325 g/mol. The molecular formula is C20H27N3O. The lowest BCUT2D eigenvalue weighted by atomic mass is 9.78. The highest BCUT2D eigenvalue weighted by atomic mass is 16.3. The maximum Gasteiger partial charge on any atom is 0.181 e. The molecule has 128 valence electrons. The predicted octanol–water partition coefficient (Wildman–Crippen LogP) is 4.29. The van der Waals surface area contributed by atoms with Gasteiger partial charge in [0, 0.05) is 29.8 Å². The van der Waals surface area contributed by atoms with Crippen molar-refractivity contribution in [1.29, 1.82) is 0 Å². The topological polar surface area (TPSA) is 41.3 Å². The molecule has 1 aromatic carbocycles. The van der Waals surface area contributed by atoms with Crippen LogP contribution in [0.1, 0.15) is 50.2 Å². The van der Waals surface area contributed by atoms with E-state index in [0.717, 1.165) is 18.7 Å². The summed E-state index contributed by atoms with van der Waals surface area (Å²) in [6, 6.07) is 5.06. The zero-order valence-corrected chi connectivity index (χ0v) is 14.7. The first-order valence-electron chi connectivity index (χ1n) is 9.34. The van der Waals surface area contributed by atoms with E-state index < -0.39 is 0 Å². The number of oxazole rings is 1. The van der Waals surface area contributed by atoms with Gasteiger partial charge >= 0.3 is 0 Å². The molecule has 1 aliphatic heterocycles. The van der Waals surface area contributed by atoms with E-state index in [-0.39, 0.29) is 0 Å². The number of aromatic nitrogens is 1. The van der Waals surface area contributed by atoms with Gasteiger partial charge in [-0.15, -0.1) is 0 Å². The number of hydrogen-bond donors (Lipinski definition) is 1. The highest BCUT2D eigenvalue weighted by Gasteiger charge is 2.36. The van der Waals surface area contributed by atoms with E-state index in [4.69, 9.17) is 4.42 Å². The van der Waals surface area contributed by atoms with Crippen molar-refractivity contribution >= 4 is 5.69 Å². The number of rotatable bonds is 6. The van der Waals surface area contributed by atoms with Crippen LogP contribution >= 0.6 is 0 Å². The molecule has 0 amide bonds. The minimum absolute atomic E-state index is 0.632. The highest BCUT2D eigenvalue weighted by Crippen LogP contribution is 2.46. The molecule has 0 fully saturated rings. The van der Waals surface area contributed by atoms with Crippen LogP contribution in [-0.4, -0.2) is 35.6 Å². The van der Waals surface area contributed by atoms with Gasteiger partial charge in [-0.3, -0.25) is 0 Å². The number of nitrogens with zero attached hydrogens (tertiary/aromatic N) is 2. The molecule has 2 heterocycles. The molecule has 0 saturated heterocycles. The Labute approximate surface area is 144 Å². The molecule has 4 rings (SSSR count). The van der Waals surface area contributed by atoms with E-state index in [9.17, 15) is 0 Å². The van der Waals surface area contributed by atoms with Crippen molar-refractivity contribution in [2.45, 2.75) is 51.5 Å². The molecule has 4 nitrogen and oxygen atoms in total.